The number of carbonyl (C=O) groups is 2. The van der Waals surface area contributed by atoms with E-state index in [1.807, 2.05) is 26.0 Å². The molecule has 8 heteroatoms. The van der Waals surface area contributed by atoms with Gasteiger partial charge in [-0.2, -0.15) is 0 Å². The molecule has 1 saturated carbocycles. The van der Waals surface area contributed by atoms with Crippen molar-refractivity contribution in [3.63, 3.8) is 0 Å². The van der Waals surface area contributed by atoms with Gasteiger partial charge in [-0.15, -0.1) is 0 Å². The second kappa shape index (κ2) is 12.8. The average molecular weight is 570 g/mol. The van der Waals surface area contributed by atoms with Crippen molar-refractivity contribution < 1.29 is 14.3 Å². The predicted molar refractivity (Wildman–Crippen MR) is 140 cm³/mol. The summed E-state index contributed by atoms with van der Waals surface area (Å²) < 4.78 is 6.77. The second-order valence-corrected chi connectivity index (χ2v) is 10.4. The van der Waals surface area contributed by atoms with Gasteiger partial charge in [-0.3, -0.25) is 9.59 Å². The predicted octanol–water partition coefficient (Wildman–Crippen LogP) is 6.70. The second-order valence-electron chi connectivity index (χ2n) is 8.72. The molecule has 3 rings (SSSR count). The topological polar surface area (TPSA) is 58.6 Å². The van der Waals surface area contributed by atoms with Gasteiger partial charge in [0.25, 0.3) is 5.91 Å². The molecule has 0 heterocycles. The molecule has 1 N–H and O–H groups in total. The van der Waals surface area contributed by atoms with E-state index in [2.05, 4.69) is 21.2 Å². The lowest BCUT2D eigenvalue weighted by Gasteiger charge is -2.33. The van der Waals surface area contributed by atoms with Crippen molar-refractivity contribution in [2.24, 2.45) is 0 Å². The van der Waals surface area contributed by atoms with E-state index in [9.17, 15) is 9.59 Å². The Morgan fingerprint density at radius 3 is 2.53 bits per heavy atom. The molecule has 2 aromatic carbocycles. The summed E-state index contributed by atoms with van der Waals surface area (Å²) >= 11 is 15.9. The maximum absolute atomic E-state index is 13.4. The zero-order valence-electron chi connectivity index (χ0n) is 19.6. The number of carbonyl (C=O) groups excluding carboxylic acids is 2. The number of ether oxygens (including phenoxy) is 1. The van der Waals surface area contributed by atoms with Crippen molar-refractivity contribution in [2.75, 3.05) is 6.61 Å². The molecule has 1 unspecified atom stereocenters. The molecule has 0 aliphatic heterocycles. The SMILES string of the molecule is CCC(C(=O)NC1CCCCC1)N(Cc1ccc(Cl)cc1Cl)C(=O)COc1ccc(Br)c(C)c1. The van der Waals surface area contributed by atoms with Crippen molar-refractivity contribution in [3.8, 4) is 5.75 Å². The number of hydrogen-bond donors (Lipinski definition) is 1. The standard InChI is InChI=1S/C26H31BrCl2N2O3/c1-3-24(26(33)30-20-7-5-4-6-8-20)31(15-18-9-10-19(28)14-23(18)29)25(32)16-34-21-11-12-22(27)17(2)13-21/h9-14,20,24H,3-8,15-16H2,1-2H3,(H,30,33). The Balaban J connectivity index is 1.79. The lowest BCUT2D eigenvalue weighted by atomic mass is 9.95. The maximum Gasteiger partial charge on any atom is 0.261 e. The van der Waals surface area contributed by atoms with Crippen molar-refractivity contribution in [1.29, 1.82) is 0 Å². The summed E-state index contributed by atoms with van der Waals surface area (Å²) in [5.41, 5.74) is 1.73. The van der Waals surface area contributed by atoms with E-state index in [4.69, 9.17) is 27.9 Å². The summed E-state index contributed by atoms with van der Waals surface area (Å²) in [5, 5.41) is 4.14. The molecule has 5 nitrogen and oxygen atoms in total. The van der Waals surface area contributed by atoms with Crippen molar-refractivity contribution in [3.05, 3.63) is 62.0 Å². The van der Waals surface area contributed by atoms with E-state index in [-0.39, 0.29) is 31.0 Å². The van der Waals surface area contributed by atoms with Gasteiger partial charge in [0.2, 0.25) is 5.91 Å². The molecule has 34 heavy (non-hydrogen) atoms. The van der Waals surface area contributed by atoms with E-state index < -0.39 is 6.04 Å². The Morgan fingerprint density at radius 1 is 1.15 bits per heavy atom. The van der Waals surface area contributed by atoms with E-state index in [1.54, 1.807) is 29.2 Å². The van der Waals surface area contributed by atoms with E-state index in [1.165, 1.54) is 6.42 Å². The molecular weight excluding hydrogens is 539 g/mol. The van der Waals surface area contributed by atoms with Gasteiger partial charge in [-0.25, -0.2) is 0 Å². The Bertz CT molecular complexity index is 1010. The van der Waals surface area contributed by atoms with Crippen LogP contribution in [0.3, 0.4) is 0 Å². The maximum atomic E-state index is 13.4. The summed E-state index contributed by atoms with van der Waals surface area (Å²) in [4.78, 5) is 28.2. The molecule has 1 aliphatic rings. The first-order valence-corrected chi connectivity index (χ1v) is 13.3. The Morgan fingerprint density at radius 2 is 1.88 bits per heavy atom. The molecule has 0 radical (unpaired) electrons. The van der Waals surface area contributed by atoms with E-state index >= 15 is 0 Å². The van der Waals surface area contributed by atoms with Crippen LogP contribution in [0.15, 0.2) is 40.9 Å². The third kappa shape index (κ3) is 7.37. The molecule has 0 bridgehead atoms. The minimum Gasteiger partial charge on any atom is -0.484 e. The van der Waals surface area contributed by atoms with Gasteiger partial charge >= 0.3 is 0 Å². The van der Waals surface area contributed by atoms with Gasteiger partial charge in [-0.05, 0) is 67.6 Å². The largest absolute Gasteiger partial charge is 0.484 e. The number of halogens is 3. The molecule has 184 valence electrons. The first-order chi connectivity index (χ1) is 16.3. The van der Waals surface area contributed by atoms with Crippen LogP contribution in [0, 0.1) is 6.92 Å². The Kier molecular flexibility index (Phi) is 10.1. The smallest absolute Gasteiger partial charge is 0.261 e. The average Bonchev–Trinajstić information content (AvgIpc) is 2.81. The van der Waals surface area contributed by atoms with Gasteiger partial charge in [0.1, 0.15) is 11.8 Å². The van der Waals surface area contributed by atoms with Gasteiger partial charge in [0.15, 0.2) is 6.61 Å². The number of nitrogens with zero attached hydrogens (tertiary/aromatic N) is 1. The Labute approximate surface area is 220 Å². The fraction of sp³-hybridized carbons (Fsp3) is 0.462. The number of nitrogens with one attached hydrogen (secondary N) is 1. The lowest BCUT2D eigenvalue weighted by Crippen LogP contribution is -2.52. The number of amides is 2. The number of aryl methyl sites for hydroxylation is 1. The van der Waals surface area contributed by atoms with Gasteiger partial charge in [0.05, 0.1) is 0 Å². The summed E-state index contributed by atoms with van der Waals surface area (Å²) in [7, 11) is 0. The highest BCUT2D eigenvalue weighted by molar-refractivity contribution is 9.10. The van der Waals surface area contributed by atoms with Crippen LogP contribution < -0.4 is 10.1 Å². The first kappa shape index (κ1) is 26.8. The van der Waals surface area contributed by atoms with Crippen molar-refractivity contribution in [2.45, 2.75) is 71.0 Å². The van der Waals surface area contributed by atoms with E-state index in [0.717, 1.165) is 41.3 Å². The molecule has 1 fully saturated rings. The van der Waals surface area contributed by atoms with E-state index in [0.29, 0.717) is 22.2 Å². The monoisotopic (exact) mass is 568 g/mol. The summed E-state index contributed by atoms with van der Waals surface area (Å²) in [5.74, 6) is 0.183. The first-order valence-electron chi connectivity index (χ1n) is 11.7. The molecule has 0 spiro atoms. The van der Waals surface area contributed by atoms with Crippen LogP contribution in [0.1, 0.15) is 56.6 Å². The number of benzene rings is 2. The molecule has 2 aromatic rings. The summed E-state index contributed by atoms with van der Waals surface area (Å²) in [6.07, 6.45) is 5.87. The minimum absolute atomic E-state index is 0.132. The van der Waals surface area contributed by atoms with Crippen LogP contribution in [-0.2, 0) is 16.1 Å². The minimum atomic E-state index is -0.628. The summed E-state index contributed by atoms with van der Waals surface area (Å²) in [6, 6.07) is 10.2. The van der Waals surface area contributed by atoms with Crippen molar-refractivity contribution >= 4 is 50.9 Å². The van der Waals surface area contributed by atoms with Crippen molar-refractivity contribution in [1.82, 2.24) is 10.2 Å². The highest BCUT2D eigenvalue weighted by Crippen LogP contribution is 2.25. The lowest BCUT2D eigenvalue weighted by molar-refractivity contribution is -0.143. The highest BCUT2D eigenvalue weighted by Gasteiger charge is 2.31. The molecule has 0 aromatic heterocycles. The third-order valence-electron chi connectivity index (χ3n) is 6.18. The third-order valence-corrected chi connectivity index (χ3v) is 7.66. The van der Waals surface area contributed by atoms with Crippen LogP contribution in [-0.4, -0.2) is 35.4 Å². The van der Waals surface area contributed by atoms with Crippen LogP contribution in [0.25, 0.3) is 0 Å². The number of hydrogen-bond acceptors (Lipinski definition) is 3. The van der Waals surface area contributed by atoms with Crippen LogP contribution in [0.2, 0.25) is 10.0 Å². The highest BCUT2D eigenvalue weighted by atomic mass is 79.9. The van der Waals surface area contributed by atoms with Gasteiger partial charge in [0, 0.05) is 27.1 Å². The quantitative estimate of drug-likeness (QED) is 0.365. The number of rotatable bonds is 9. The van der Waals surface area contributed by atoms with Gasteiger partial charge in [-0.1, -0.05) is 71.4 Å². The van der Waals surface area contributed by atoms with Crippen LogP contribution in [0.4, 0.5) is 0 Å². The van der Waals surface area contributed by atoms with Gasteiger partial charge < -0.3 is 15.0 Å². The molecule has 1 atom stereocenters. The fourth-order valence-electron chi connectivity index (χ4n) is 4.23. The molecular formula is C26H31BrCl2N2O3. The zero-order valence-corrected chi connectivity index (χ0v) is 22.7. The Hall–Kier alpha value is -1.76. The van der Waals surface area contributed by atoms with Crippen LogP contribution in [0.5, 0.6) is 5.75 Å². The summed E-state index contributed by atoms with van der Waals surface area (Å²) in [6.45, 7) is 3.87. The molecule has 1 aliphatic carbocycles. The normalized spacial score (nSPS) is 15.0. The molecule has 2 amide bonds. The fourth-order valence-corrected chi connectivity index (χ4v) is 4.95. The van der Waals surface area contributed by atoms with Crippen LogP contribution >= 0.6 is 39.1 Å². The molecule has 0 saturated heterocycles. The zero-order chi connectivity index (χ0) is 24.7.